The van der Waals surface area contributed by atoms with Crippen LogP contribution in [0.2, 0.25) is 0 Å². The Morgan fingerprint density at radius 1 is 1.16 bits per heavy atom. The van der Waals surface area contributed by atoms with Crippen LogP contribution in [-0.2, 0) is 0 Å². The highest BCUT2D eigenvalue weighted by molar-refractivity contribution is 9.10. The monoisotopic (exact) mass is 323 g/mol. The van der Waals surface area contributed by atoms with Crippen molar-refractivity contribution < 1.29 is 0 Å². The molecule has 1 aromatic rings. The van der Waals surface area contributed by atoms with Crippen molar-refractivity contribution in [3.63, 3.8) is 0 Å². The third-order valence-corrected chi connectivity index (χ3v) is 4.98. The van der Waals surface area contributed by atoms with Crippen LogP contribution in [0.15, 0.2) is 22.9 Å². The molecule has 0 bridgehead atoms. The molecule has 1 saturated carbocycles. The molecule has 1 aliphatic heterocycles. The maximum absolute atomic E-state index is 4.30. The van der Waals surface area contributed by atoms with E-state index in [0.29, 0.717) is 6.04 Å². The van der Waals surface area contributed by atoms with Crippen molar-refractivity contribution in [1.29, 1.82) is 0 Å². The van der Waals surface area contributed by atoms with E-state index in [9.17, 15) is 0 Å². The van der Waals surface area contributed by atoms with E-state index in [4.69, 9.17) is 0 Å². The zero-order valence-corrected chi connectivity index (χ0v) is 12.8. The number of nitrogens with one attached hydrogen (secondary N) is 2. The van der Waals surface area contributed by atoms with Gasteiger partial charge in [-0.1, -0.05) is 12.8 Å². The summed E-state index contributed by atoms with van der Waals surface area (Å²) >= 11 is 3.38. The van der Waals surface area contributed by atoms with Crippen LogP contribution in [0.3, 0.4) is 0 Å². The predicted octanol–water partition coefficient (Wildman–Crippen LogP) is 3.57. The van der Waals surface area contributed by atoms with Crippen LogP contribution < -0.4 is 10.6 Å². The van der Waals surface area contributed by atoms with Crippen molar-refractivity contribution in [3.8, 4) is 0 Å². The molecule has 1 saturated heterocycles. The highest BCUT2D eigenvalue weighted by atomic mass is 79.9. The third kappa shape index (κ3) is 3.29. The van der Waals surface area contributed by atoms with Crippen molar-refractivity contribution in [2.45, 2.75) is 50.6 Å². The Labute approximate surface area is 123 Å². The average Bonchev–Trinajstić information content (AvgIpc) is 2.90. The number of rotatable bonds is 3. The van der Waals surface area contributed by atoms with Gasteiger partial charge in [-0.15, -0.1) is 0 Å². The number of anilines is 1. The summed E-state index contributed by atoms with van der Waals surface area (Å²) in [5.74, 6) is 0.781. The minimum absolute atomic E-state index is 0.610. The summed E-state index contributed by atoms with van der Waals surface area (Å²) in [5.41, 5.74) is 1.15. The molecule has 0 spiro atoms. The van der Waals surface area contributed by atoms with Gasteiger partial charge in [-0.05, 0) is 66.2 Å². The summed E-state index contributed by atoms with van der Waals surface area (Å²) in [7, 11) is 0. The molecule has 1 aromatic heterocycles. The fraction of sp³-hybridized carbons (Fsp3) is 0.667. The molecule has 2 aliphatic rings. The van der Waals surface area contributed by atoms with Crippen LogP contribution in [0.25, 0.3) is 0 Å². The number of pyridine rings is 1. The zero-order chi connectivity index (χ0) is 13.1. The molecule has 3 unspecified atom stereocenters. The van der Waals surface area contributed by atoms with E-state index in [1.165, 1.54) is 45.1 Å². The molecule has 3 atom stereocenters. The SMILES string of the molecule is Brc1ccc(NC2CCCC2C2CCCCN2)cn1. The highest BCUT2D eigenvalue weighted by Crippen LogP contribution is 2.33. The van der Waals surface area contributed by atoms with Gasteiger partial charge in [0.15, 0.2) is 0 Å². The minimum atomic E-state index is 0.610. The lowest BCUT2D eigenvalue weighted by Gasteiger charge is -2.33. The van der Waals surface area contributed by atoms with Crippen molar-refractivity contribution in [3.05, 3.63) is 22.9 Å². The number of piperidine rings is 1. The van der Waals surface area contributed by atoms with Gasteiger partial charge >= 0.3 is 0 Å². The molecule has 2 N–H and O–H groups in total. The molecule has 19 heavy (non-hydrogen) atoms. The standard InChI is InChI=1S/C15H22BrN3/c16-15-8-7-11(10-18-15)19-14-6-3-4-12(14)13-5-1-2-9-17-13/h7-8,10,12-14,17,19H,1-6,9H2. The van der Waals surface area contributed by atoms with Crippen LogP contribution in [0.4, 0.5) is 5.69 Å². The number of halogens is 1. The van der Waals surface area contributed by atoms with E-state index in [-0.39, 0.29) is 0 Å². The molecule has 4 heteroatoms. The van der Waals surface area contributed by atoms with E-state index >= 15 is 0 Å². The molecule has 2 heterocycles. The summed E-state index contributed by atoms with van der Waals surface area (Å²) < 4.78 is 0.898. The molecule has 0 radical (unpaired) electrons. The fourth-order valence-electron chi connectivity index (χ4n) is 3.57. The number of aromatic nitrogens is 1. The van der Waals surface area contributed by atoms with Crippen molar-refractivity contribution in [2.75, 3.05) is 11.9 Å². The first kappa shape index (κ1) is 13.4. The second kappa shape index (κ2) is 6.23. The van der Waals surface area contributed by atoms with Gasteiger partial charge in [0.1, 0.15) is 4.60 Å². The van der Waals surface area contributed by atoms with Gasteiger partial charge < -0.3 is 10.6 Å². The predicted molar refractivity (Wildman–Crippen MR) is 82.3 cm³/mol. The Morgan fingerprint density at radius 2 is 2.11 bits per heavy atom. The minimum Gasteiger partial charge on any atom is -0.381 e. The van der Waals surface area contributed by atoms with Crippen molar-refractivity contribution in [2.24, 2.45) is 5.92 Å². The van der Waals surface area contributed by atoms with E-state index in [2.05, 4.69) is 37.6 Å². The molecule has 1 aliphatic carbocycles. The van der Waals surface area contributed by atoms with Crippen LogP contribution in [-0.4, -0.2) is 23.6 Å². The van der Waals surface area contributed by atoms with Crippen LogP contribution in [0.1, 0.15) is 38.5 Å². The van der Waals surface area contributed by atoms with E-state index in [1.54, 1.807) is 0 Å². The number of hydrogen-bond acceptors (Lipinski definition) is 3. The fourth-order valence-corrected chi connectivity index (χ4v) is 3.80. The molecule has 3 nitrogen and oxygen atoms in total. The lowest BCUT2D eigenvalue weighted by Crippen LogP contribution is -2.44. The molecule has 0 amide bonds. The van der Waals surface area contributed by atoms with Gasteiger partial charge in [0.25, 0.3) is 0 Å². The lowest BCUT2D eigenvalue weighted by molar-refractivity contribution is 0.286. The average molecular weight is 324 g/mol. The van der Waals surface area contributed by atoms with E-state index in [1.807, 2.05) is 12.3 Å². The Balaban J connectivity index is 1.64. The van der Waals surface area contributed by atoms with Crippen LogP contribution in [0.5, 0.6) is 0 Å². The molecule has 3 rings (SSSR count). The molecule has 2 fully saturated rings. The van der Waals surface area contributed by atoms with E-state index < -0.39 is 0 Å². The van der Waals surface area contributed by atoms with E-state index in [0.717, 1.165) is 22.3 Å². The van der Waals surface area contributed by atoms with Gasteiger partial charge in [0.05, 0.1) is 11.9 Å². The maximum atomic E-state index is 4.30. The number of hydrogen-bond donors (Lipinski definition) is 2. The number of nitrogens with zero attached hydrogens (tertiary/aromatic N) is 1. The topological polar surface area (TPSA) is 37.0 Å². The lowest BCUT2D eigenvalue weighted by atomic mass is 9.88. The van der Waals surface area contributed by atoms with Crippen LogP contribution in [0, 0.1) is 5.92 Å². The first-order valence-corrected chi connectivity index (χ1v) is 8.24. The Bertz CT molecular complexity index is 400. The van der Waals surface area contributed by atoms with Gasteiger partial charge in [-0.3, -0.25) is 0 Å². The third-order valence-electron chi connectivity index (χ3n) is 4.51. The smallest absolute Gasteiger partial charge is 0.106 e. The van der Waals surface area contributed by atoms with Gasteiger partial charge in [-0.25, -0.2) is 4.98 Å². The second-order valence-corrected chi connectivity index (χ2v) is 6.58. The summed E-state index contributed by atoms with van der Waals surface area (Å²) in [6.45, 7) is 1.20. The summed E-state index contributed by atoms with van der Waals surface area (Å²) in [5, 5.41) is 7.41. The quantitative estimate of drug-likeness (QED) is 0.835. The zero-order valence-electron chi connectivity index (χ0n) is 11.2. The highest BCUT2D eigenvalue weighted by Gasteiger charge is 2.34. The first-order valence-electron chi connectivity index (χ1n) is 7.44. The Hall–Kier alpha value is -0.610. The van der Waals surface area contributed by atoms with Gasteiger partial charge in [-0.2, -0.15) is 0 Å². The molecule has 0 aromatic carbocycles. The molecular weight excluding hydrogens is 302 g/mol. The Kier molecular flexibility index (Phi) is 4.38. The molecular formula is C15H22BrN3. The summed E-state index contributed by atoms with van der Waals surface area (Å²) in [6, 6.07) is 5.45. The summed E-state index contributed by atoms with van der Waals surface area (Å²) in [6.07, 6.45) is 10.0. The van der Waals surface area contributed by atoms with Crippen LogP contribution >= 0.6 is 15.9 Å². The Morgan fingerprint density at radius 3 is 2.84 bits per heavy atom. The van der Waals surface area contributed by atoms with Crippen molar-refractivity contribution >= 4 is 21.6 Å². The normalized spacial score (nSPS) is 31.3. The second-order valence-electron chi connectivity index (χ2n) is 5.77. The van der Waals surface area contributed by atoms with Crippen molar-refractivity contribution in [1.82, 2.24) is 10.3 Å². The first-order chi connectivity index (χ1) is 9.33. The largest absolute Gasteiger partial charge is 0.381 e. The molecule has 104 valence electrons. The van der Waals surface area contributed by atoms with Gasteiger partial charge in [0, 0.05) is 12.1 Å². The summed E-state index contributed by atoms with van der Waals surface area (Å²) in [4.78, 5) is 4.30. The maximum Gasteiger partial charge on any atom is 0.106 e. The van der Waals surface area contributed by atoms with Gasteiger partial charge in [0.2, 0.25) is 0 Å².